The Labute approximate surface area is 182 Å². The van der Waals surface area contributed by atoms with Gasteiger partial charge in [-0.15, -0.1) is 0 Å². The fourth-order valence-corrected chi connectivity index (χ4v) is 6.10. The van der Waals surface area contributed by atoms with Crippen molar-refractivity contribution in [2.45, 2.75) is 103 Å². The van der Waals surface area contributed by atoms with Crippen LogP contribution in [0, 0.1) is 34.9 Å². The zero-order valence-corrected chi connectivity index (χ0v) is 18.8. The molecule has 0 atom stereocenters. The van der Waals surface area contributed by atoms with Crippen LogP contribution < -0.4 is 0 Å². The molecule has 0 radical (unpaired) electrons. The quantitative estimate of drug-likeness (QED) is 0.387. The number of halogens is 2. The summed E-state index contributed by atoms with van der Waals surface area (Å²) in [6.45, 7) is 2.28. The molecule has 0 N–H and O–H groups in total. The van der Waals surface area contributed by atoms with Gasteiger partial charge < -0.3 is 0 Å². The van der Waals surface area contributed by atoms with Crippen LogP contribution >= 0.6 is 11.6 Å². The van der Waals surface area contributed by atoms with Crippen LogP contribution in [0.5, 0.6) is 0 Å². The average molecular weight is 418 g/mol. The molecule has 0 aliphatic heterocycles. The zero-order chi connectivity index (χ0) is 20.6. The number of hydrogen-bond donors (Lipinski definition) is 0. The largest absolute Gasteiger partial charge is 0.205 e. The van der Waals surface area contributed by atoms with Gasteiger partial charge >= 0.3 is 0 Å². The van der Waals surface area contributed by atoms with Crippen molar-refractivity contribution >= 4 is 11.6 Å². The molecule has 2 fully saturated rings. The second kappa shape index (κ2) is 11.4. The molecule has 3 heteroatoms. The van der Waals surface area contributed by atoms with E-state index in [1.807, 2.05) is 12.1 Å². The number of nitriles is 1. The molecule has 29 heavy (non-hydrogen) atoms. The van der Waals surface area contributed by atoms with E-state index in [1.165, 1.54) is 77.0 Å². The summed E-state index contributed by atoms with van der Waals surface area (Å²) in [6, 6.07) is 5.22. The third kappa shape index (κ3) is 6.21. The molecule has 3 rings (SSSR count). The maximum atomic E-state index is 14.1. The monoisotopic (exact) mass is 417 g/mol. The molecule has 0 heterocycles. The van der Waals surface area contributed by atoms with Crippen molar-refractivity contribution < 1.29 is 4.39 Å². The summed E-state index contributed by atoms with van der Waals surface area (Å²) in [7, 11) is 0. The molecule has 2 aliphatic rings. The summed E-state index contributed by atoms with van der Waals surface area (Å²) in [5, 5.41) is 9.27. The van der Waals surface area contributed by atoms with E-state index in [1.54, 1.807) is 6.07 Å². The van der Waals surface area contributed by atoms with Gasteiger partial charge in [0.15, 0.2) is 0 Å². The van der Waals surface area contributed by atoms with E-state index in [2.05, 4.69) is 6.92 Å². The standard InChI is InChI=1S/C26H37ClFN/c1-2-3-4-5-6-7-19-8-10-20(11-9-19)21-12-14-22(15-13-21)23-16-25(27)24(18-29)26(28)17-23/h16-17,19-22H,2-15H2,1H3/t19-,20-,21-,22-. The van der Waals surface area contributed by atoms with Crippen molar-refractivity contribution in [2.75, 3.05) is 0 Å². The van der Waals surface area contributed by atoms with Crippen LogP contribution in [-0.2, 0) is 0 Å². The van der Waals surface area contributed by atoms with Gasteiger partial charge in [0.05, 0.1) is 5.02 Å². The zero-order valence-electron chi connectivity index (χ0n) is 18.1. The molecule has 0 unspecified atom stereocenters. The lowest BCUT2D eigenvalue weighted by molar-refractivity contribution is 0.155. The Morgan fingerprint density at radius 3 is 2.14 bits per heavy atom. The summed E-state index contributed by atoms with van der Waals surface area (Å²) in [5.41, 5.74) is 0.961. The Bertz CT molecular complexity index is 655. The van der Waals surface area contributed by atoms with Crippen LogP contribution in [0.4, 0.5) is 4.39 Å². The topological polar surface area (TPSA) is 23.8 Å². The Hall–Kier alpha value is -1.07. The lowest BCUT2D eigenvalue weighted by atomic mass is 9.68. The number of hydrogen-bond acceptors (Lipinski definition) is 1. The fourth-order valence-electron chi connectivity index (χ4n) is 5.84. The molecule has 160 valence electrons. The molecule has 0 saturated heterocycles. The first-order chi connectivity index (χ1) is 14.1. The molecular formula is C26H37ClFN. The van der Waals surface area contributed by atoms with E-state index in [9.17, 15) is 4.39 Å². The van der Waals surface area contributed by atoms with Gasteiger partial charge in [-0.2, -0.15) is 5.26 Å². The Balaban J connectivity index is 1.41. The Morgan fingerprint density at radius 1 is 0.931 bits per heavy atom. The summed E-state index contributed by atoms with van der Waals surface area (Å²) < 4.78 is 14.1. The summed E-state index contributed by atoms with van der Waals surface area (Å²) >= 11 is 6.12. The molecule has 2 aliphatic carbocycles. The lowest BCUT2D eigenvalue weighted by Gasteiger charge is -2.38. The summed E-state index contributed by atoms with van der Waals surface area (Å²) in [5.74, 6) is 2.67. The summed E-state index contributed by atoms with van der Waals surface area (Å²) in [4.78, 5) is 0. The highest BCUT2D eigenvalue weighted by molar-refractivity contribution is 6.31. The molecule has 1 nitrogen and oxygen atoms in total. The second-order valence-corrected chi connectivity index (χ2v) is 9.97. The first-order valence-electron chi connectivity index (χ1n) is 12.0. The van der Waals surface area contributed by atoms with Crippen molar-refractivity contribution in [1.82, 2.24) is 0 Å². The molecule has 1 aromatic rings. The highest BCUT2D eigenvalue weighted by atomic mass is 35.5. The van der Waals surface area contributed by atoms with E-state index < -0.39 is 5.82 Å². The van der Waals surface area contributed by atoms with Gasteiger partial charge in [0, 0.05) is 0 Å². The first kappa shape index (κ1) is 22.6. The third-order valence-corrected chi connectivity index (χ3v) is 7.99. The van der Waals surface area contributed by atoms with Gasteiger partial charge in [-0.05, 0) is 79.9 Å². The van der Waals surface area contributed by atoms with Gasteiger partial charge in [0.25, 0.3) is 0 Å². The maximum absolute atomic E-state index is 14.1. The van der Waals surface area contributed by atoms with Crippen molar-refractivity contribution in [3.05, 3.63) is 34.1 Å². The first-order valence-corrected chi connectivity index (χ1v) is 12.4. The SMILES string of the molecule is CCCCCCC[C@H]1CC[C@H]([C@H]2CC[C@H](c3cc(F)c(C#N)c(Cl)c3)CC2)CC1. The highest BCUT2D eigenvalue weighted by Crippen LogP contribution is 2.45. The fraction of sp³-hybridized carbons (Fsp3) is 0.731. The Morgan fingerprint density at radius 2 is 1.55 bits per heavy atom. The van der Waals surface area contributed by atoms with Crippen LogP contribution in [-0.4, -0.2) is 0 Å². The number of benzene rings is 1. The third-order valence-electron chi connectivity index (χ3n) is 7.69. The van der Waals surface area contributed by atoms with Gasteiger partial charge in [0.1, 0.15) is 17.4 Å². The number of rotatable bonds is 8. The van der Waals surface area contributed by atoms with E-state index in [-0.39, 0.29) is 10.6 Å². The van der Waals surface area contributed by atoms with E-state index in [4.69, 9.17) is 16.9 Å². The van der Waals surface area contributed by atoms with Crippen molar-refractivity contribution in [2.24, 2.45) is 17.8 Å². The van der Waals surface area contributed by atoms with Crippen LogP contribution in [0.25, 0.3) is 0 Å². The smallest absolute Gasteiger partial charge is 0.142 e. The minimum Gasteiger partial charge on any atom is -0.205 e. The van der Waals surface area contributed by atoms with Crippen molar-refractivity contribution in [1.29, 1.82) is 5.26 Å². The average Bonchev–Trinajstić information content (AvgIpc) is 2.74. The predicted octanol–water partition coefficient (Wildman–Crippen LogP) is 8.79. The van der Waals surface area contributed by atoms with E-state index >= 15 is 0 Å². The molecule has 0 aromatic heterocycles. The lowest BCUT2D eigenvalue weighted by Crippen LogP contribution is -2.25. The van der Waals surface area contributed by atoms with Crippen molar-refractivity contribution in [3.63, 3.8) is 0 Å². The number of unbranched alkanes of at least 4 members (excludes halogenated alkanes) is 4. The van der Waals surface area contributed by atoms with Crippen LogP contribution in [0.3, 0.4) is 0 Å². The molecule has 2 saturated carbocycles. The highest BCUT2D eigenvalue weighted by Gasteiger charge is 2.31. The minimum atomic E-state index is -0.467. The van der Waals surface area contributed by atoms with Crippen molar-refractivity contribution in [3.8, 4) is 6.07 Å². The molecule has 1 aromatic carbocycles. The molecule has 0 amide bonds. The summed E-state index contributed by atoms with van der Waals surface area (Å²) in [6.07, 6.45) is 19.0. The normalized spacial score (nSPS) is 27.5. The molecule has 0 bridgehead atoms. The van der Waals surface area contributed by atoms with Crippen LogP contribution in [0.1, 0.15) is 114 Å². The minimum absolute atomic E-state index is 0.0220. The van der Waals surface area contributed by atoms with Crippen LogP contribution in [0.15, 0.2) is 12.1 Å². The van der Waals surface area contributed by atoms with E-state index in [0.29, 0.717) is 5.92 Å². The van der Waals surface area contributed by atoms with Crippen LogP contribution in [0.2, 0.25) is 5.02 Å². The van der Waals surface area contributed by atoms with Gasteiger partial charge in [-0.25, -0.2) is 4.39 Å². The maximum Gasteiger partial charge on any atom is 0.142 e. The van der Waals surface area contributed by atoms with Gasteiger partial charge in [0.2, 0.25) is 0 Å². The van der Waals surface area contributed by atoms with E-state index in [0.717, 1.165) is 36.2 Å². The predicted molar refractivity (Wildman–Crippen MR) is 120 cm³/mol. The van der Waals surface area contributed by atoms with Gasteiger partial charge in [-0.1, -0.05) is 69.9 Å². The molecule has 0 spiro atoms. The van der Waals surface area contributed by atoms with Gasteiger partial charge in [-0.3, -0.25) is 0 Å². The Kier molecular flexibility index (Phi) is 8.85. The number of nitrogens with zero attached hydrogens (tertiary/aromatic N) is 1. The second-order valence-electron chi connectivity index (χ2n) is 9.57. The molecular weight excluding hydrogens is 381 g/mol.